The summed E-state index contributed by atoms with van der Waals surface area (Å²) < 4.78 is 10.7. The lowest BCUT2D eigenvalue weighted by Crippen LogP contribution is -2.14. The van der Waals surface area contributed by atoms with Gasteiger partial charge in [0, 0.05) is 11.1 Å². The van der Waals surface area contributed by atoms with Crippen LogP contribution in [0.15, 0.2) is 59.0 Å². The van der Waals surface area contributed by atoms with Gasteiger partial charge >= 0.3 is 5.97 Å². The van der Waals surface area contributed by atoms with E-state index in [4.69, 9.17) is 14.3 Å². The minimum atomic E-state index is -1.14. The molecule has 0 radical (unpaired) electrons. The van der Waals surface area contributed by atoms with Gasteiger partial charge in [-0.25, -0.2) is 4.79 Å². The van der Waals surface area contributed by atoms with Crippen LogP contribution in [0.1, 0.15) is 47.2 Å². The van der Waals surface area contributed by atoms with Crippen LogP contribution in [0.3, 0.4) is 0 Å². The van der Waals surface area contributed by atoms with Crippen LogP contribution in [0.2, 0.25) is 0 Å². The smallest absolute Gasteiger partial charge is 0.371 e. The molecule has 0 unspecified atom stereocenters. The van der Waals surface area contributed by atoms with Crippen LogP contribution >= 0.6 is 0 Å². The van der Waals surface area contributed by atoms with E-state index < -0.39 is 5.97 Å². The predicted octanol–water partition coefficient (Wildman–Crippen LogP) is 5.20. The maximum atomic E-state index is 12.7. The van der Waals surface area contributed by atoms with E-state index in [1.54, 1.807) is 36.4 Å². The van der Waals surface area contributed by atoms with Crippen molar-refractivity contribution >= 4 is 17.6 Å². The Balaban J connectivity index is 1.87. The van der Waals surface area contributed by atoms with Gasteiger partial charge in [-0.15, -0.1) is 0 Å². The summed E-state index contributed by atoms with van der Waals surface area (Å²) in [5.41, 5.74) is 2.75. The fraction of sp³-hybridized carbons (Fsp3) is 0.217. The third kappa shape index (κ3) is 4.48. The zero-order valence-corrected chi connectivity index (χ0v) is 16.8. The predicted molar refractivity (Wildman–Crippen MR) is 111 cm³/mol. The van der Waals surface area contributed by atoms with Gasteiger partial charge in [0.2, 0.25) is 5.76 Å². The van der Waals surface area contributed by atoms with Crippen LogP contribution in [0, 0.1) is 0 Å². The molecule has 0 atom stereocenters. The maximum Gasteiger partial charge on any atom is 0.371 e. The van der Waals surface area contributed by atoms with Crippen LogP contribution in [0.5, 0.6) is 5.75 Å². The fourth-order valence-electron chi connectivity index (χ4n) is 2.88. The number of anilines is 1. The van der Waals surface area contributed by atoms with Gasteiger partial charge in [0.25, 0.3) is 5.91 Å². The number of carboxylic acid groups (broad SMARTS) is 1. The normalized spacial score (nSPS) is 11.2. The zero-order valence-electron chi connectivity index (χ0n) is 16.8. The van der Waals surface area contributed by atoms with E-state index in [0.29, 0.717) is 28.3 Å². The number of rotatable bonds is 5. The number of aromatic carboxylic acids is 1. The molecule has 1 aromatic heterocycles. The summed E-state index contributed by atoms with van der Waals surface area (Å²) in [5.74, 6) is -0.697. The molecule has 1 amide bonds. The van der Waals surface area contributed by atoms with Gasteiger partial charge in [0.1, 0.15) is 11.5 Å². The molecule has 6 heteroatoms. The average Bonchev–Trinajstić information content (AvgIpc) is 3.18. The van der Waals surface area contributed by atoms with Gasteiger partial charge in [0.05, 0.1) is 12.8 Å². The lowest BCUT2D eigenvalue weighted by Gasteiger charge is -2.19. The summed E-state index contributed by atoms with van der Waals surface area (Å²) in [4.78, 5) is 23.7. The van der Waals surface area contributed by atoms with Gasteiger partial charge in [-0.2, -0.15) is 0 Å². The average molecular weight is 393 g/mol. The number of methoxy groups -OCH3 is 1. The molecule has 2 aromatic carbocycles. The number of nitrogens with one attached hydrogen (secondary N) is 1. The van der Waals surface area contributed by atoms with Crippen molar-refractivity contribution in [3.05, 3.63) is 71.5 Å². The van der Waals surface area contributed by atoms with Crippen molar-refractivity contribution in [2.24, 2.45) is 0 Å². The number of ether oxygens (including phenoxy) is 1. The highest BCUT2D eigenvalue weighted by Gasteiger charge is 2.16. The fourth-order valence-corrected chi connectivity index (χ4v) is 2.88. The van der Waals surface area contributed by atoms with Crippen molar-refractivity contribution in [2.45, 2.75) is 26.2 Å². The molecule has 6 nitrogen and oxygen atoms in total. The molecule has 0 aliphatic heterocycles. The monoisotopic (exact) mass is 393 g/mol. The van der Waals surface area contributed by atoms with E-state index in [0.717, 1.165) is 5.56 Å². The van der Waals surface area contributed by atoms with Crippen molar-refractivity contribution in [2.75, 3.05) is 12.4 Å². The summed E-state index contributed by atoms with van der Waals surface area (Å²) in [6.07, 6.45) is 0. The first-order valence-corrected chi connectivity index (χ1v) is 9.12. The van der Waals surface area contributed by atoms with E-state index in [1.165, 1.54) is 13.2 Å². The van der Waals surface area contributed by atoms with E-state index in [1.807, 2.05) is 12.1 Å². The first-order chi connectivity index (χ1) is 13.7. The number of hydrogen-bond donors (Lipinski definition) is 2. The van der Waals surface area contributed by atoms with E-state index in [9.17, 15) is 9.59 Å². The molecule has 0 spiro atoms. The van der Waals surface area contributed by atoms with Gasteiger partial charge in [-0.1, -0.05) is 32.9 Å². The summed E-state index contributed by atoms with van der Waals surface area (Å²) in [6, 6.07) is 15.5. The second-order valence-corrected chi connectivity index (χ2v) is 7.67. The topological polar surface area (TPSA) is 88.8 Å². The Morgan fingerprint density at radius 2 is 1.69 bits per heavy atom. The SMILES string of the molecule is COc1ccc(-c2ccc(C(=O)O)o2)cc1NC(=O)c1ccc(C(C)(C)C)cc1. The molecular weight excluding hydrogens is 370 g/mol. The van der Waals surface area contributed by atoms with Crippen molar-refractivity contribution in [1.82, 2.24) is 0 Å². The minimum Gasteiger partial charge on any atom is -0.495 e. The molecular formula is C23H23NO5. The van der Waals surface area contributed by atoms with Gasteiger partial charge < -0.3 is 19.6 Å². The first-order valence-electron chi connectivity index (χ1n) is 9.12. The minimum absolute atomic E-state index is 0.00437. The second-order valence-electron chi connectivity index (χ2n) is 7.67. The Bertz CT molecular complexity index is 1040. The molecule has 150 valence electrons. The number of benzene rings is 2. The molecule has 0 aliphatic carbocycles. The Kier molecular flexibility index (Phi) is 5.46. The van der Waals surface area contributed by atoms with E-state index in [-0.39, 0.29) is 17.1 Å². The molecule has 3 rings (SSSR count). The highest BCUT2D eigenvalue weighted by atomic mass is 16.5. The highest BCUT2D eigenvalue weighted by Crippen LogP contribution is 2.32. The lowest BCUT2D eigenvalue weighted by atomic mass is 9.87. The van der Waals surface area contributed by atoms with Crippen LogP contribution in [0.4, 0.5) is 5.69 Å². The van der Waals surface area contributed by atoms with Crippen LogP contribution in [0.25, 0.3) is 11.3 Å². The van der Waals surface area contributed by atoms with Crippen LogP contribution < -0.4 is 10.1 Å². The Labute approximate surface area is 169 Å². The Hall–Kier alpha value is -3.54. The summed E-state index contributed by atoms with van der Waals surface area (Å²) in [6.45, 7) is 6.34. The standard InChI is InChI=1S/C23H23NO5/c1-23(2,3)16-8-5-14(6-9-16)21(25)24-17-13-15(7-10-19(17)28-4)18-11-12-20(29-18)22(26)27/h5-13H,1-4H3,(H,24,25)(H,26,27). The number of hydrogen-bond acceptors (Lipinski definition) is 4. The van der Waals surface area contributed by atoms with Crippen molar-refractivity contribution < 1.29 is 23.8 Å². The second kappa shape index (κ2) is 7.83. The summed E-state index contributed by atoms with van der Waals surface area (Å²) in [5, 5.41) is 11.9. The quantitative estimate of drug-likeness (QED) is 0.622. The molecule has 2 N–H and O–H groups in total. The number of amides is 1. The Morgan fingerprint density at radius 1 is 1.00 bits per heavy atom. The van der Waals surface area contributed by atoms with Crippen molar-refractivity contribution in [3.8, 4) is 17.1 Å². The maximum absolute atomic E-state index is 12.7. The highest BCUT2D eigenvalue weighted by molar-refractivity contribution is 6.05. The number of carbonyl (C=O) groups excluding carboxylic acids is 1. The largest absolute Gasteiger partial charge is 0.495 e. The molecule has 0 aliphatic rings. The van der Waals surface area contributed by atoms with E-state index in [2.05, 4.69) is 26.1 Å². The van der Waals surface area contributed by atoms with Crippen molar-refractivity contribution in [3.63, 3.8) is 0 Å². The third-order valence-corrected chi connectivity index (χ3v) is 4.56. The van der Waals surface area contributed by atoms with Gasteiger partial charge in [-0.3, -0.25) is 4.79 Å². The van der Waals surface area contributed by atoms with Gasteiger partial charge in [0.15, 0.2) is 0 Å². The molecule has 0 bridgehead atoms. The number of furan rings is 1. The molecule has 29 heavy (non-hydrogen) atoms. The summed E-state index contributed by atoms with van der Waals surface area (Å²) in [7, 11) is 1.51. The lowest BCUT2D eigenvalue weighted by molar-refractivity contribution is 0.0663. The summed E-state index contributed by atoms with van der Waals surface area (Å²) >= 11 is 0. The third-order valence-electron chi connectivity index (χ3n) is 4.56. The van der Waals surface area contributed by atoms with Crippen LogP contribution in [-0.4, -0.2) is 24.1 Å². The molecule has 0 saturated heterocycles. The Morgan fingerprint density at radius 3 is 2.24 bits per heavy atom. The van der Waals surface area contributed by atoms with E-state index >= 15 is 0 Å². The molecule has 3 aromatic rings. The van der Waals surface area contributed by atoms with Crippen LogP contribution in [-0.2, 0) is 5.41 Å². The zero-order chi connectivity index (χ0) is 21.2. The first kappa shape index (κ1) is 20.2. The molecule has 1 heterocycles. The molecule has 0 saturated carbocycles. The van der Waals surface area contributed by atoms with Crippen molar-refractivity contribution in [1.29, 1.82) is 0 Å². The number of carbonyl (C=O) groups is 2. The molecule has 0 fully saturated rings. The van der Waals surface area contributed by atoms with Gasteiger partial charge in [-0.05, 0) is 53.4 Å². The number of carboxylic acids is 1.